The number of amides is 1. The Kier molecular flexibility index (Phi) is 4.02. The molecule has 2 aromatic rings. The maximum Gasteiger partial charge on any atom is 0.232 e. The number of carbonyl (C=O) groups excluding carboxylic acids is 1. The number of nitrogens with one attached hydrogen (secondary N) is 1. The highest BCUT2D eigenvalue weighted by atomic mass is 35.5. The zero-order chi connectivity index (χ0) is 13.8. The first-order chi connectivity index (χ1) is 9.06. The number of aromatic nitrogens is 1. The zero-order valence-corrected chi connectivity index (χ0v) is 11.2. The van der Waals surface area contributed by atoms with Gasteiger partial charge in [-0.05, 0) is 36.8 Å². The van der Waals surface area contributed by atoms with Gasteiger partial charge in [-0.15, -0.1) is 0 Å². The van der Waals surface area contributed by atoms with Gasteiger partial charge >= 0.3 is 0 Å². The summed E-state index contributed by atoms with van der Waals surface area (Å²) in [6.45, 7) is 1.81. The summed E-state index contributed by atoms with van der Waals surface area (Å²) >= 11 is 5.84. The molecule has 2 rings (SSSR count). The highest BCUT2D eigenvalue weighted by Gasteiger charge is 2.15. The lowest BCUT2D eigenvalue weighted by molar-refractivity contribution is -0.117. The van der Waals surface area contributed by atoms with Gasteiger partial charge in [-0.1, -0.05) is 23.7 Å². The normalized spacial score (nSPS) is 11.9. The van der Waals surface area contributed by atoms with Crippen LogP contribution in [0.15, 0.2) is 42.6 Å². The summed E-state index contributed by atoms with van der Waals surface area (Å²) in [5.41, 5.74) is 7.21. The van der Waals surface area contributed by atoms with E-state index in [1.165, 1.54) is 0 Å². The number of nitrogen functional groups attached to an aromatic ring is 1. The molecule has 3 N–H and O–H groups in total. The number of benzene rings is 1. The van der Waals surface area contributed by atoms with Gasteiger partial charge in [0.05, 0.1) is 5.92 Å². The fourth-order valence-electron chi connectivity index (χ4n) is 1.69. The average Bonchev–Trinajstić information content (AvgIpc) is 2.38. The van der Waals surface area contributed by atoms with Crippen LogP contribution in [0.25, 0.3) is 0 Å². The molecule has 0 bridgehead atoms. The first-order valence-electron chi connectivity index (χ1n) is 5.84. The van der Waals surface area contributed by atoms with Gasteiger partial charge in [-0.2, -0.15) is 0 Å². The van der Waals surface area contributed by atoms with Gasteiger partial charge in [0.25, 0.3) is 0 Å². The van der Waals surface area contributed by atoms with Crippen LogP contribution in [0, 0.1) is 0 Å². The topological polar surface area (TPSA) is 68.0 Å². The second-order valence-electron chi connectivity index (χ2n) is 4.24. The van der Waals surface area contributed by atoms with Crippen LogP contribution in [-0.4, -0.2) is 10.9 Å². The Labute approximate surface area is 116 Å². The second kappa shape index (κ2) is 5.71. The third-order valence-electron chi connectivity index (χ3n) is 2.78. The van der Waals surface area contributed by atoms with E-state index < -0.39 is 0 Å². The summed E-state index contributed by atoms with van der Waals surface area (Å²) in [6.07, 6.45) is 1.54. The number of nitrogens with two attached hydrogens (primary N) is 1. The first-order valence-corrected chi connectivity index (χ1v) is 6.22. The van der Waals surface area contributed by atoms with Crippen molar-refractivity contribution in [1.82, 2.24) is 4.98 Å². The van der Waals surface area contributed by atoms with Gasteiger partial charge in [-0.3, -0.25) is 4.79 Å². The molecule has 0 saturated heterocycles. The quantitative estimate of drug-likeness (QED) is 0.846. The van der Waals surface area contributed by atoms with Gasteiger partial charge in [0, 0.05) is 16.9 Å². The Morgan fingerprint density at radius 2 is 2.16 bits per heavy atom. The predicted molar refractivity (Wildman–Crippen MR) is 77.1 cm³/mol. The molecule has 5 heteroatoms. The number of hydrogen-bond donors (Lipinski definition) is 2. The number of pyridine rings is 1. The van der Waals surface area contributed by atoms with E-state index in [2.05, 4.69) is 10.3 Å². The van der Waals surface area contributed by atoms with Crippen LogP contribution >= 0.6 is 11.6 Å². The molecule has 1 aromatic carbocycles. The molecule has 1 atom stereocenters. The third-order valence-corrected chi connectivity index (χ3v) is 3.01. The molecule has 0 spiro atoms. The van der Waals surface area contributed by atoms with Crippen molar-refractivity contribution in [3.8, 4) is 0 Å². The third kappa shape index (κ3) is 3.45. The molecule has 1 heterocycles. The predicted octanol–water partition coefficient (Wildman–Crippen LogP) is 3.06. The van der Waals surface area contributed by atoms with Crippen LogP contribution in [0.3, 0.4) is 0 Å². The van der Waals surface area contributed by atoms with E-state index in [-0.39, 0.29) is 11.8 Å². The minimum atomic E-state index is -0.315. The molecule has 98 valence electrons. The van der Waals surface area contributed by atoms with Gasteiger partial charge in [0.2, 0.25) is 5.91 Å². The Morgan fingerprint density at radius 3 is 2.84 bits per heavy atom. The van der Waals surface area contributed by atoms with Crippen molar-refractivity contribution >= 4 is 29.0 Å². The number of halogens is 1. The van der Waals surface area contributed by atoms with Crippen molar-refractivity contribution in [3.63, 3.8) is 0 Å². The smallest absolute Gasteiger partial charge is 0.232 e. The Morgan fingerprint density at radius 1 is 1.37 bits per heavy atom. The highest BCUT2D eigenvalue weighted by molar-refractivity contribution is 6.30. The second-order valence-corrected chi connectivity index (χ2v) is 4.68. The van der Waals surface area contributed by atoms with E-state index in [1.54, 1.807) is 30.5 Å². The molecular weight excluding hydrogens is 262 g/mol. The molecular formula is C14H14ClN3O. The lowest BCUT2D eigenvalue weighted by atomic mass is 10.00. The molecule has 0 aliphatic carbocycles. The van der Waals surface area contributed by atoms with Gasteiger partial charge in [0.1, 0.15) is 5.82 Å². The Bertz CT molecular complexity index is 601. The van der Waals surface area contributed by atoms with Crippen molar-refractivity contribution in [3.05, 3.63) is 53.2 Å². The van der Waals surface area contributed by atoms with Crippen LogP contribution in [0.4, 0.5) is 11.5 Å². The number of hydrogen-bond acceptors (Lipinski definition) is 3. The summed E-state index contributed by atoms with van der Waals surface area (Å²) in [5.74, 6) is -0.0297. The van der Waals surface area contributed by atoms with Crippen molar-refractivity contribution in [2.45, 2.75) is 12.8 Å². The summed E-state index contributed by atoms with van der Waals surface area (Å²) in [5, 5.41) is 3.25. The lowest BCUT2D eigenvalue weighted by Crippen LogP contribution is -2.19. The maximum absolute atomic E-state index is 12.1. The molecule has 0 aliphatic rings. The molecule has 4 nitrogen and oxygen atoms in total. The number of nitrogens with zero attached hydrogens (tertiary/aromatic N) is 1. The van der Waals surface area contributed by atoms with E-state index in [1.807, 2.05) is 19.1 Å². The zero-order valence-electron chi connectivity index (χ0n) is 10.4. The molecule has 1 unspecified atom stereocenters. The average molecular weight is 276 g/mol. The molecule has 1 aromatic heterocycles. The fourth-order valence-corrected chi connectivity index (χ4v) is 1.85. The molecule has 0 aliphatic heterocycles. The standard InChI is InChI=1S/C14H14ClN3O/c1-9(10-3-2-4-12(16)7-10)14(19)18-13-8-11(15)5-6-17-13/h2-9H,16H2,1H3,(H,17,18,19). The summed E-state index contributed by atoms with van der Waals surface area (Å²) in [4.78, 5) is 16.1. The van der Waals surface area contributed by atoms with Crippen molar-refractivity contribution in [2.24, 2.45) is 0 Å². The highest BCUT2D eigenvalue weighted by Crippen LogP contribution is 2.20. The van der Waals surface area contributed by atoms with Crippen LogP contribution in [0.1, 0.15) is 18.4 Å². The molecule has 19 heavy (non-hydrogen) atoms. The monoisotopic (exact) mass is 275 g/mol. The van der Waals surface area contributed by atoms with E-state index >= 15 is 0 Å². The molecule has 0 fully saturated rings. The fraction of sp³-hybridized carbons (Fsp3) is 0.143. The number of anilines is 2. The van der Waals surface area contributed by atoms with Gasteiger partial charge < -0.3 is 11.1 Å². The van der Waals surface area contributed by atoms with E-state index in [0.29, 0.717) is 16.5 Å². The van der Waals surface area contributed by atoms with Gasteiger partial charge in [-0.25, -0.2) is 4.98 Å². The molecule has 1 amide bonds. The minimum Gasteiger partial charge on any atom is -0.399 e. The number of carbonyl (C=O) groups is 1. The summed E-state index contributed by atoms with van der Waals surface area (Å²) in [6, 6.07) is 10.5. The van der Waals surface area contributed by atoms with Crippen molar-refractivity contribution in [1.29, 1.82) is 0 Å². The van der Waals surface area contributed by atoms with Crippen LogP contribution < -0.4 is 11.1 Å². The Balaban J connectivity index is 2.12. The Hall–Kier alpha value is -2.07. The summed E-state index contributed by atoms with van der Waals surface area (Å²) < 4.78 is 0. The number of rotatable bonds is 3. The summed E-state index contributed by atoms with van der Waals surface area (Å²) in [7, 11) is 0. The van der Waals surface area contributed by atoms with Crippen molar-refractivity contribution < 1.29 is 4.79 Å². The van der Waals surface area contributed by atoms with Crippen LogP contribution in [-0.2, 0) is 4.79 Å². The lowest BCUT2D eigenvalue weighted by Gasteiger charge is -2.12. The van der Waals surface area contributed by atoms with E-state index in [9.17, 15) is 4.79 Å². The molecule has 0 radical (unpaired) electrons. The molecule has 0 saturated carbocycles. The largest absolute Gasteiger partial charge is 0.399 e. The van der Waals surface area contributed by atoms with Crippen molar-refractivity contribution in [2.75, 3.05) is 11.1 Å². The first kappa shape index (κ1) is 13.4. The SMILES string of the molecule is CC(C(=O)Nc1cc(Cl)ccn1)c1cccc(N)c1. The van der Waals surface area contributed by atoms with Gasteiger partial charge in [0.15, 0.2) is 0 Å². The maximum atomic E-state index is 12.1. The minimum absolute atomic E-state index is 0.152. The van der Waals surface area contributed by atoms with E-state index in [0.717, 1.165) is 5.56 Å². The van der Waals surface area contributed by atoms with Crippen LogP contribution in [0.5, 0.6) is 0 Å². The van der Waals surface area contributed by atoms with Crippen LogP contribution in [0.2, 0.25) is 5.02 Å². The van der Waals surface area contributed by atoms with E-state index in [4.69, 9.17) is 17.3 Å².